The van der Waals surface area contributed by atoms with Gasteiger partial charge < -0.3 is 25.0 Å². The highest BCUT2D eigenvalue weighted by atomic mass is 35.5. The topological polar surface area (TPSA) is 134 Å². The van der Waals surface area contributed by atoms with Crippen LogP contribution in [0.3, 0.4) is 0 Å². The third kappa shape index (κ3) is 5.26. The van der Waals surface area contributed by atoms with Gasteiger partial charge in [-0.1, -0.05) is 18.5 Å². The molecular weight excluding hydrogens is 428 g/mol. The van der Waals surface area contributed by atoms with E-state index >= 15 is 0 Å². The van der Waals surface area contributed by atoms with E-state index in [9.17, 15) is 19.5 Å². The minimum atomic E-state index is -0.743. The highest BCUT2D eigenvalue weighted by molar-refractivity contribution is 6.30. The number of ether oxygens (including phenoxy) is 1. The molecule has 0 aliphatic carbocycles. The van der Waals surface area contributed by atoms with E-state index in [1.807, 2.05) is 0 Å². The minimum absolute atomic E-state index is 0.0737. The standard InChI is InChI=1S/C20H23ClN4O6/c1-3-14(16-8-17(26)24-31-16)23-20(29)25-10-18(27)22-9-12(19(25)28)6-11-7-13(21)4-5-15(11)30-2/h4-5,7-8,12,14H,3,6,9-10H2,1-2H3,(H,22,27)(H,23,29)(H,24,26)/t12-,14?/m0/s1. The van der Waals surface area contributed by atoms with Gasteiger partial charge in [-0.25, -0.2) is 4.79 Å². The average Bonchev–Trinajstić information content (AvgIpc) is 3.12. The van der Waals surface area contributed by atoms with Crippen molar-refractivity contribution < 1.29 is 28.8 Å². The van der Waals surface area contributed by atoms with Crippen LogP contribution in [0.4, 0.5) is 4.79 Å². The largest absolute Gasteiger partial charge is 0.496 e. The first-order valence-electron chi connectivity index (χ1n) is 9.69. The monoisotopic (exact) mass is 450 g/mol. The lowest BCUT2D eigenvalue weighted by molar-refractivity contribution is -0.133. The predicted octanol–water partition coefficient (Wildman–Crippen LogP) is 2.02. The second kappa shape index (κ2) is 9.69. The Kier molecular flexibility index (Phi) is 7.01. The van der Waals surface area contributed by atoms with Crippen molar-refractivity contribution in [3.8, 4) is 11.6 Å². The van der Waals surface area contributed by atoms with Gasteiger partial charge in [0.15, 0.2) is 5.76 Å². The summed E-state index contributed by atoms with van der Waals surface area (Å²) in [4.78, 5) is 39.1. The maximum Gasteiger partial charge on any atom is 0.325 e. The van der Waals surface area contributed by atoms with Gasteiger partial charge in [-0.3, -0.25) is 14.5 Å². The Bertz CT molecular complexity index is 978. The second-order valence-corrected chi connectivity index (χ2v) is 7.52. The Morgan fingerprint density at radius 3 is 2.87 bits per heavy atom. The van der Waals surface area contributed by atoms with Gasteiger partial charge in [-0.15, -0.1) is 0 Å². The highest BCUT2D eigenvalue weighted by Crippen LogP contribution is 2.27. The lowest BCUT2D eigenvalue weighted by Crippen LogP contribution is -2.48. The molecule has 3 rings (SSSR count). The first-order chi connectivity index (χ1) is 14.8. The van der Waals surface area contributed by atoms with Crippen molar-refractivity contribution in [3.63, 3.8) is 0 Å². The molecule has 0 saturated carbocycles. The third-order valence-corrected chi connectivity index (χ3v) is 5.22. The van der Waals surface area contributed by atoms with Gasteiger partial charge in [0, 0.05) is 17.6 Å². The minimum Gasteiger partial charge on any atom is -0.496 e. The van der Waals surface area contributed by atoms with Crippen molar-refractivity contribution in [3.05, 3.63) is 40.6 Å². The zero-order valence-electron chi connectivity index (χ0n) is 17.1. The maximum atomic E-state index is 13.2. The number of hydrogen-bond donors (Lipinski definition) is 3. The van der Waals surface area contributed by atoms with E-state index in [2.05, 4.69) is 15.8 Å². The fourth-order valence-corrected chi connectivity index (χ4v) is 3.57. The molecule has 1 aliphatic rings. The van der Waals surface area contributed by atoms with E-state index in [1.165, 1.54) is 13.2 Å². The molecule has 2 heterocycles. The average molecular weight is 451 g/mol. The number of carbonyl (C=O) groups excluding carboxylic acids is 3. The van der Waals surface area contributed by atoms with E-state index in [-0.39, 0.29) is 24.6 Å². The van der Waals surface area contributed by atoms with Gasteiger partial charge in [0.05, 0.1) is 19.1 Å². The molecule has 1 unspecified atom stereocenters. The molecule has 1 aromatic carbocycles. The number of nitrogens with one attached hydrogen (secondary N) is 2. The maximum absolute atomic E-state index is 13.2. The third-order valence-electron chi connectivity index (χ3n) is 4.98. The van der Waals surface area contributed by atoms with Crippen LogP contribution in [-0.2, 0) is 16.0 Å². The summed E-state index contributed by atoms with van der Waals surface area (Å²) in [6.45, 7) is 1.45. The number of methoxy groups -OCH3 is 1. The zero-order chi connectivity index (χ0) is 22.5. The molecule has 10 nitrogen and oxygen atoms in total. The lowest BCUT2D eigenvalue weighted by Gasteiger charge is -2.24. The van der Waals surface area contributed by atoms with Crippen molar-refractivity contribution in [1.29, 1.82) is 0 Å². The van der Waals surface area contributed by atoms with Crippen LogP contribution in [0, 0.1) is 5.92 Å². The molecule has 31 heavy (non-hydrogen) atoms. The van der Waals surface area contributed by atoms with E-state index in [0.717, 1.165) is 4.90 Å². The second-order valence-electron chi connectivity index (χ2n) is 7.08. The van der Waals surface area contributed by atoms with Crippen LogP contribution in [0.5, 0.6) is 11.6 Å². The summed E-state index contributed by atoms with van der Waals surface area (Å²) >= 11 is 6.08. The number of nitrogens with zero attached hydrogens (tertiary/aromatic N) is 2. The van der Waals surface area contributed by atoms with E-state index in [0.29, 0.717) is 22.8 Å². The number of aromatic hydroxyl groups is 1. The number of carbonyl (C=O) groups is 3. The van der Waals surface area contributed by atoms with Crippen LogP contribution in [0.15, 0.2) is 28.8 Å². The van der Waals surface area contributed by atoms with E-state index in [1.54, 1.807) is 25.1 Å². The molecule has 166 valence electrons. The number of imide groups is 1. The SMILES string of the molecule is CCC(NC(=O)N1CC(=O)NC[C@H](Cc2cc(Cl)ccc2OC)C1=O)c1cc(O)no1. The molecule has 4 amide bonds. The van der Waals surface area contributed by atoms with E-state index in [4.69, 9.17) is 20.9 Å². The molecule has 11 heteroatoms. The van der Waals surface area contributed by atoms with Crippen LogP contribution < -0.4 is 15.4 Å². The first kappa shape index (κ1) is 22.4. The summed E-state index contributed by atoms with van der Waals surface area (Å²) in [5, 5.41) is 18.6. The summed E-state index contributed by atoms with van der Waals surface area (Å²) in [5.41, 5.74) is 0.688. The summed E-state index contributed by atoms with van der Waals surface area (Å²) in [5.74, 6) is -1.18. The summed E-state index contributed by atoms with van der Waals surface area (Å²) in [6.07, 6.45) is 0.636. The molecule has 0 bridgehead atoms. The van der Waals surface area contributed by atoms with Crippen molar-refractivity contribution in [1.82, 2.24) is 20.7 Å². The van der Waals surface area contributed by atoms with Crippen LogP contribution in [-0.4, -0.2) is 53.2 Å². The van der Waals surface area contributed by atoms with Gasteiger partial charge in [-0.2, -0.15) is 0 Å². The molecule has 2 aromatic rings. The Labute approximate surface area is 183 Å². The van der Waals surface area contributed by atoms with Gasteiger partial charge in [-0.05, 0) is 41.8 Å². The van der Waals surface area contributed by atoms with Gasteiger partial charge in [0.1, 0.15) is 12.3 Å². The molecule has 1 fully saturated rings. The fraction of sp³-hybridized carbons (Fsp3) is 0.400. The molecular formula is C20H23ClN4O6. The molecule has 0 spiro atoms. The van der Waals surface area contributed by atoms with Crippen molar-refractivity contribution in [2.45, 2.75) is 25.8 Å². The number of hydrogen-bond acceptors (Lipinski definition) is 7. The van der Waals surface area contributed by atoms with E-state index < -0.39 is 36.3 Å². The Balaban J connectivity index is 1.79. The number of halogens is 1. The van der Waals surface area contributed by atoms with Gasteiger partial charge in [0.25, 0.3) is 5.88 Å². The normalized spacial score (nSPS) is 17.6. The van der Waals surface area contributed by atoms with Crippen molar-refractivity contribution >= 4 is 29.4 Å². The number of urea groups is 1. The number of aromatic nitrogens is 1. The Hall–Kier alpha value is -3.27. The van der Waals surface area contributed by atoms with Gasteiger partial charge in [0.2, 0.25) is 11.8 Å². The molecule has 3 N–H and O–H groups in total. The number of rotatable bonds is 6. The molecule has 0 radical (unpaired) electrons. The summed E-state index contributed by atoms with van der Waals surface area (Å²) < 4.78 is 10.3. The van der Waals surface area contributed by atoms with Crippen molar-refractivity contribution in [2.75, 3.05) is 20.2 Å². The Morgan fingerprint density at radius 1 is 1.45 bits per heavy atom. The zero-order valence-corrected chi connectivity index (χ0v) is 17.8. The van der Waals surface area contributed by atoms with Crippen LogP contribution >= 0.6 is 11.6 Å². The van der Waals surface area contributed by atoms with Crippen LogP contribution in [0.1, 0.15) is 30.7 Å². The van der Waals surface area contributed by atoms with Crippen LogP contribution in [0.2, 0.25) is 5.02 Å². The first-order valence-corrected chi connectivity index (χ1v) is 10.1. The smallest absolute Gasteiger partial charge is 0.325 e. The fourth-order valence-electron chi connectivity index (χ4n) is 3.37. The molecule has 1 saturated heterocycles. The molecule has 1 aliphatic heterocycles. The van der Waals surface area contributed by atoms with Crippen LogP contribution in [0.25, 0.3) is 0 Å². The summed E-state index contributed by atoms with van der Waals surface area (Å²) in [7, 11) is 1.51. The predicted molar refractivity (Wildman–Crippen MR) is 110 cm³/mol. The quantitative estimate of drug-likeness (QED) is 0.612. The highest BCUT2D eigenvalue weighted by Gasteiger charge is 2.35. The van der Waals surface area contributed by atoms with Gasteiger partial charge >= 0.3 is 6.03 Å². The summed E-state index contributed by atoms with van der Waals surface area (Å²) in [6, 6.07) is 4.96. The van der Waals surface area contributed by atoms with Crippen molar-refractivity contribution in [2.24, 2.45) is 5.92 Å². The lowest BCUT2D eigenvalue weighted by atomic mass is 9.97. The molecule has 1 aromatic heterocycles. The number of amides is 4. The molecule has 2 atom stereocenters. The Morgan fingerprint density at radius 2 is 2.23 bits per heavy atom. The number of benzene rings is 1.